The number of hydrogen-bond donors (Lipinski definition) is 1. The average molecular weight is 165 g/mol. The van der Waals surface area contributed by atoms with Gasteiger partial charge in [-0.3, -0.25) is 0 Å². The van der Waals surface area contributed by atoms with Crippen LogP contribution in [0.15, 0.2) is 21.3 Å². The molecule has 0 aliphatic heterocycles. The van der Waals surface area contributed by atoms with Crippen molar-refractivity contribution in [1.29, 1.82) is 0 Å². The smallest absolute Gasteiger partial charge is 0.292 e. The fraction of sp³-hybridized carbons (Fsp3) is 0.143. The van der Waals surface area contributed by atoms with E-state index in [-0.39, 0.29) is 6.01 Å². The largest absolute Gasteiger partial charge is 0.424 e. The minimum absolute atomic E-state index is 0.144. The Morgan fingerprint density at radius 2 is 2.25 bits per heavy atom. The Morgan fingerprint density at radius 1 is 1.42 bits per heavy atom. The van der Waals surface area contributed by atoms with Gasteiger partial charge < -0.3 is 14.7 Å². The lowest BCUT2D eigenvalue weighted by Crippen LogP contribution is -1.79. The van der Waals surface area contributed by atoms with Crippen molar-refractivity contribution >= 4 is 6.01 Å². The predicted molar refractivity (Wildman–Crippen MR) is 41.1 cm³/mol. The quantitative estimate of drug-likeness (QED) is 0.687. The molecule has 62 valence electrons. The van der Waals surface area contributed by atoms with Gasteiger partial charge >= 0.3 is 0 Å². The molecule has 2 heterocycles. The molecule has 0 aliphatic rings. The summed E-state index contributed by atoms with van der Waals surface area (Å²) in [6, 6.07) is 0.144. The second kappa shape index (κ2) is 2.37. The summed E-state index contributed by atoms with van der Waals surface area (Å²) in [5.74, 6) is 1.26. The van der Waals surface area contributed by atoms with Crippen LogP contribution >= 0.6 is 0 Å². The van der Waals surface area contributed by atoms with Crippen molar-refractivity contribution in [2.24, 2.45) is 0 Å². The van der Waals surface area contributed by atoms with E-state index in [1.807, 2.05) is 0 Å². The second-order valence-electron chi connectivity index (χ2n) is 2.36. The van der Waals surface area contributed by atoms with Gasteiger partial charge in [-0.15, -0.1) is 0 Å². The van der Waals surface area contributed by atoms with E-state index in [0.717, 1.165) is 5.56 Å². The summed E-state index contributed by atoms with van der Waals surface area (Å²) in [7, 11) is 0. The minimum atomic E-state index is 0.144. The Bertz CT molecular complexity index is 391. The molecule has 2 aromatic heterocycles. The number of anilines is 1. The van der Waals surface area contributed by atoms with E-state index in [9.17, 15) is 0 Å². The van der Waals surface area contributed by atoms with Crippen molar-refractivity contribution in [2.45, 2.75) is 6.92 Å². The van der Waals surface area contributed by atoms with Crippen molar-refractivity contribution in [3.05, 3.63) is 18.2 Å². The molecule has 0 bridgehead atoms. The van der Waals surface area contributed by atoms with Crippen LogP contribution in [-0.2, 0) is 0 Å². The lowest BCUT2D eigenvalue weighted by molar-refractivity contribution is 0.397. The molecule has 2 N–H and O–H groups in total. The highest BCUT2D eigenvalue weighted by molar-refractivity contribution is 5.57. The van der Waals surface area contributed by atoms with E-state index in [2.05, 4.69) is 10.1 Å². The number of aryl methyl sites for hydroxylation is 1. The molecule has 0 unspecified atom stereocenters. The number of hydrogen-bond acceptors (Lipinski definition) is 5. The first-order valence-electron chi connectivity index (χ1n) is 3.40. The number of rotatable bonds is 1. The summed E-state index contributed by atoms with van der Waals surface area (Å²) in [5, 5.41) is 3.60. The zero-order valence-corrected chi connectivity index (χ0v) is 6.44. The van der Waals surface area contributed by atoms with Gasteiger partial charge in [0.25, 0.3) is 6.01 Å². The van der Waals surface area contributed by atoms with E-state index in [4.69, 9.17) is 14.7 Å². The molecule has 0 atom stereocenters. The molecule has 0 spiro atoms. The standard InChI is InChI=1S/C7H7N3O2/c1-4-5(2-10-12-4)6-3-9-7(8)11-6/h2-3H,1H3,(H2,8,9). The fourth-order valence-corrected chi connectivity index (χ4v) is 0.947. The van der Waals surface area contributed by atoms with Gasteiger partial charge in [0.15, 0.2) is 5.76 Å². The summed E-state index contributed by atoms with van der Waals surface area (Å²) in [6.45, 7) is 1.79. The second-order valence-corrected chi connectivity index (χ2v) is 2.36. The van der Waals surface area contributed by atoms with Crippen molar-refractivity contribution in [3.63, 3.8) is 0 Å². The molecule has 0 radical (unpaired) electrons. The van der Waals surface area contributed by atoms with Gasteiger partial charge in [-0.05, 0) is 6.92 Å². The van der Waals surface area contributed by atoms with E-state index >= 15 is 0 Å². The SMILES string of the molecule is Cc1oncc1-c1cnc(N)o1. The van der Waals surface area contributed by atoms with Crippen LogP contribution in [0.3, 0.4) is 0 Å². The Morgan fingerprint density at radius 3 is 2.75 bits per heavy atom. The zero-order chi connectivity index (χ0) is 8.55. The van der Waals surface area contributed by atoms with Gasteiger partial charge in [-0.1, -0.05) is 5.16 Å². The average Bonchev–Trinajstić information content (AvgIpc) is 2.58. The van der Waals surface area contributed by atoms with Crippen LogP contribution in [0.2, 0.25) is 0 Å². The van der Waals surface area contributed by atoms with E-state index < -0.39 is 0 Å². The zero-order valence-electron chi connectivity index (χ0n) is 6.44. The van der Waals surface area contributed by atoms with Crippen LogP contribution in [-0.4, -0.2) is 10.1 Å². The summed E-state index contributed by atoms with van der Waals surface area (Å²) >= 11 is 0. The first-order valence-corrected chi connectivity index (χ1v) is 3.40. The third-order valence-electron chi connectivity index (χ3n) is 1.54. The van der Waals surface area contributed by atoms with E-state index in [1.54, 1.807) is 13.1 Å². The van der Waals surface area contributed by atoms with E-state index in [0.29, 0.717) is 11.5 Å². The number of oxazole rings is 1. The summed E-state index contributed by atoms with van der Waals surface area (Å²) in [6.07, 6.45) is 3.10. The van der Waals surface area contributed by atoms with Crippen molar-refractivity contribution in [3.8, 4) is 11.3 Å². The monoisotopic (exact) mass is 165 g/mol. The molecule has 5 nitrogen and oxygen atoms in total. The molecule has 2 aromatic rings. The highest BCUT2D eigenvalue weighted by atomic mass is 16.5. The van der Waals surface area contributed by atoms with Gasteiger partial charge in [-0.25, -0.2) is 4.98 Å². The molecule has 0 aromatic carbocycles. The normalized spacial score (nSPS) is 10.4. The minimum Gasteiger partial charge on any atom is -0.424 e. The topological polar surface area (TPSA) is 78.1 Å². The summed E-state index contributed by atoms with van der Waals surface area (Å²) < 4.78 is 9.92. The Balaban J connectivity index is 2.50. The van der Waals surface area contributed by atoms with Crippen LogP contribution in [0.25, 0.3) is 11.3 Å². The molecule has 0 saturated carbocycles. The first kappa shape index (κ1) is 6.90. The van der Waals surface area contributed by atoms with Gasteiger partial charge in [0.05, 0.1) is 18.0 Å². The third kappa shape index (κ3) is 0.952. The Labute approximate surface area is 68.2 Å². The van der Waals surface area contributed by atoms with Crippen molar-refractivity contribution < 1.29 is 8.94 Å². The predicted octanol–water partition coefficient (Wildman–Crippen LogP) is 1.22. The first-order chi connectivity index (χ1) is 5.77. The van der Waals surface area contributed by atoms with Crippen LogP contribution in [0, 0.1) is 6.92 Å². The molecule has 0 aliphatic carbocycles. The molecule has 0 fully saturated rings. The van der Waals surface area contributed by atoms with Gasteiger partial charge in [0.2, 0.25) is 0 Å². The lowest BCUT2D eigenvalue weighted by atomic mass is 10.2. The Kier molecular flexibility index (Phi) is 1.36. The maximum Gasteiger partial charge on any atom is 0.292 e. The highest BCUT2D eigenvalue weighted by Crippen LogP contribution is 2.23. The number of aromatic nitrogens is 2. The van der Waals surface area contributed by atoms with Crippen molar-refractivity contribution in [1.82, 2.24) is 10.1 Å². The molecular weight excluding hydrogens is 158 g/mol. The summed E-state index contributed by atoms with van der Waals surface area (Å²) in [5.41, 5.74) is 6.08. The van der Waals surface area contributed by atoms with Gasteiger partial charge in [-0.2, -0.15) is 0 Å². The number of nitrogens with two attached hydrogens (primary N) is 1. The molecule has 2 rings (SSSR count). The summed E-state index contributed by atoms with van der Waals surface area (Å²) in [4.78, 5) is 3.76. The van der Waals surface area contributed by atoms with E-state index in [1.165, 1.54) is 6.20 Å². The maximum absolute atomic E-state index is 5.31. The molecule has 12 heavy (non-hydrogen) atoms. The Hall–Kier alpha value is -1.78. The molecule has 0 saturated heterocycles. The molecule has 5 heteroatoms. The number of nitrogen functional groups attached to an aromatic ring is 1. The van der Waals surface area contributed by atoms with Crippen LogP contribution in [0.4, 0.5) is 6.01 Å². The maximum atomic E-state index is 5.31. The van der Waals surface area contributed by atoms with Crippen LogP contribution in [0.5, 0.6) is 0 Å². The van der Waals surface area contributed by atoms with Crippen LogP contribution in [0.1, 0.15) is 5.76 Å². The molecule has 0 amide bonds. The van der Waals surface area contributed by atoms with Gasteiger partial charge in [0, 0.05) is 0 Å². The van der Waals surface area contributed by atoms with Crippen molar-refractivity contribution in [2.75, 3.05) is 5.73 Å². The molecular formula is C7H7N3O2. The van der Waals surface area contributed by atoms with Gasteiger partial charge in [0.1, 0.15) is 5.76 Å². The lowest BCUT2D eigenvalue weighted by Gasteiger charge is -1.87. The highest BCUT2D eigenvalue weighted by Gasteiger charge is 2.10. The third-order valence-corrected chi connectivity index (χ3v) is 1.54. The van der Waals surface area contributed by atoms with Crippen LogP contribution < -0.4 is 5.73 Å². The number of nitrogens with zero attached hydrogens (tertiary/aromatic N) is 2. The fourth-order valence-electron chi connectivity index (χ4n) is 0.947.